The molecule has 2 rings (SSSR count). The highest BCUT2D eigenvalue weighted by Crippen LogP contribution is 2.36. The highest BCUT2D eigenvalue weighted by molar-refractivity contribution is 5.77. The SMILES string of the molecule is CCN(CC)CC1(NC(=O)CC2CCCOC2)CC1. The van der Waals surface area contributed by atoms with Gasteiger partial charge >= 0.3 is 0 Å². The molecular weight excluding hydrogens is 240 g/mol. The molecule has 19 heavy (non-hydrogen) atoms. The van der Waals surface area contributed by atoms with Gasteiger partial charge in [0, 0.05) is 26.2 Å². The van der Waals surface area contributed by atoms with Gasteiger partial charge in [-0.05, 0) is 44.7 Å². The lowest BCUT2D eigenvalue weighted by molar-refractivity contribution is -0.124. The van der Waals surface area contributed by atoms with Crippen molar-refractivity contribution in [2.75, 3.05) is 32.8 Å². The largest absolute Gasteiger partial charge is 0.381 e. The Hall–Kier alpha value is -0.610. The van der Waals surface area contributed by atoms with Crippen LogP contribution in [0.5, 0.6) is 0 Å². The molecule has 1 atom stereocenters. The van der Waals surface area contributed by atoms with Crippen LogP contribution in [0.4, 0.5) is 0 Å². The molecule has 0 aromatic heterocycles. The topological polar surface area (TPSA) is 41.6 Å². The number of hydrogen-bond donors (Lipinski definition) is 1. The molecule has 110 valence electrons. The van der Waals surface area contributed by atoms with E-state index in [4.69, 9.17) is 4.74 Å². The molecule has 0 aromatic rings. The monoisotopic (exact) mass is 268 g/mol. The molecule has 0 radical (unpaired) electrons. The molecule has 0 aromatic carbocycles. The summed E-state index contributed by atoms with van der Waals surface area (Å²) in [5, 5.41) is 3.28. The van der Waals surface area contributed by atoms with Crippen LogP contribution in [0.2, 0.25) is 0 Å². The zero-order valence-corrected chi connectivity index (χ0v) is 12.4. The summed E-state index contributed by atoms with van der Waals surface area (Å²) in [4.78, 5) is 14.5. The molecule has 1 saturated heterocycles. The Morgan fingerprint density at radius 3 is 2.63 bits per heavy atom. The molecular formula is C15H28N2O2. The van der Waals surface area contributed by atoms with E-state index in [1.807, 2.05) is 0 Å². The molecule has 1 heterocycles. The van der Waals surface area contributed by atoms with Crippen LogP contribution >= 0.6 is 0 Å². The van der Waals surface area contributed by atoms with E-state index in [9.17, 15) is 4.79 Å². The molecule has 0 spiro atoms. The Kier molecular flexibility index (Phi) is 5.22. The van der Waals surface area contributed by atoms with Gasteiger partial charge in [-0.3, -0.25) is 4.79 Å². The zero-order valence-electron chi connectivity index (χ0n) is 12.4. The van der Waals surface area contributed by atoms with Gasteiger partial charge in [-0.15, -0.1) is 0 Å². The molecule has 1 N–H and O–H groups in total. The normalized spacial score (nSPS) is 25.3. The zero-order chi connectivity index (χ0) is 13.7. The fraction of sp³-hybridized carbons (Fsp3) is 0.933. The maximum atomic E-state index is 12.1. The second-order valence-corrected chi connectivity index (χ2v) is 6.08. The minimum atomic E-state index is 0.0820. The summed E-state index contributed by atoms with van der Waals surface area (Å²) < 4.78 is 5.44. The molecule has 0 bridgehead atoms. The van der Waals surface area contributed by atoms with Crippen molar-refractivity contribution in [3.63, 3.8) is 0 Å². The van der Waals surface area contributed by atoms with Gasteiger partial charge in [0.1, 0.15) is 0 Å². The van der Waals surface area contributed by atoms with E-state index in [0.29, 0.717) is 12.3 Å². The van der Waals surface area contributed by atoms with Crippen molar-refractivity contribution in [3.05, 3.63) is 0 Å². The fourth-order valence-electron chi connectivity index (χ4n) is 2.93. The Balaban J connectivity index is 1.74. The number of amides is 1. The molecule has 1 amide bonds. The average Bonchev–Trinajstić information content (AvgIpc) is 3.16. The van der Waals surface area contributed by atoms with Crippen molar-refractivity contribution in [2.24, 2.45) is 5.92 Å². The van der Waals surface area contributed by atoms with E-state index in [1.165, 1.54) is 0 Å². The van der Waals surface area contributed by atoms with Crippen LogP contribution in [0.15, 0.2) is 0 Å². The summed E-state index contributed by atoms with van der Waals surface area (Å²) in [6, 6.07) is 0. The number of nitrogens with one attached hydrogen (secondary N) is 1. The summed E-state index contributed by atoms with van der Waals surface area (Å²) in [7, 11) is 0. The molecule has 1 saturated carbocycles. The lowest BCUT2D eigenvalue weighted by Crippen LogP contribution is -2.46. The summed E-state index contributed by atoms with van der Waals surface area (Å²) in [5.41, 5.74) is 0.0820. The van der Waals surface area contributed by atoms with Gasteiger partial charge in [0.2, 0.25) is 5.91 Å². The van der Waals surface area contributed by atoms with Crippen LogP contribution < -0.4 is 5.32 Å². The number of carbonyl (C=O) groups is 1. The lowest BCUT2D eigenvalue weighted by Gasteiger charge is -2.27. The molecule has 4 nitrogen and oxygen atoms in total. The maximum absolute atomic E-state index is 12.1. The standard InChI is InChI=1S/C15H28N2O2/c1-3-17(4-2)12-15(7-8-15)16-14(18)10-13-6-5-9-19-11-13/h13H,3-12H2,1-2H3,(H,16,18). The van der Waals surface area contributed by atoms with Gasteiger partial charge < -0.3 is 15.0 Å². The van der Waals surface area contributed by atoms with Crippen molar-refractivity contribution in [2.45, 2.75) is 51.5 Å². The van der Waals surface area contributed by atoms with E-state index >= 15 is 0 Å². The third kappa shape index (κ3) is 4.46. The van der Waals surface area contributed by atoms with Crippen LogP contribution in [-0.4, -0.2) is 49.2 Å². The lowest BCUT2D eigenvalue weighted by atomic mass is 9.98. The first-order valence-electron chi connectivity index (χ1n) is 7.78. The van der Waals surface area contributed by atoms with Crippen LogP contribution in [-0.2, 0) is 9.53 Å². The van der Waals surface area contributed by atoms with E-state index < -0.39 is 0 Å². The molecule has 1 aliphatic carbocycles. The van der Waals surface area contributed by atoms with Gasteiger partial charge in [0.25, 0.3) is 0 Å². The molecule has 1 unspecified atom stereocenters. The first-order valence-corrected chi connectivity index (χ1v) is 7.78. The van der Waals surface area contributed by atoms with E-state index in [2.05, 4.69) is 24.1 Å². The van der Waals surface area contributed by atoms with Crippen molar-refractivity contribution >= 4 is 5.91 Å². The van der Waals surface area contributed by atoms with Gasteiger partial charge in [0.15, 0.2) is 0 Å². The summed E-state index contributed by atoms with van der Waals surface area (Å²) in [6.45, 7) is 9.12. The second-order valence-electron chi connectivity index (χ2n) is 6.08. The predicted octanol–water partition coefficient (Wildman–Crippen LogP) is 1.79. The van der Waals surface area contributed by atoms with Gasteiger partial charge in [-0.2, -0.15) is 0 Å². The third-order valence-corrected chi connectivity index (χ3v) is 4.41. The van der Waals surface area contributed by atoms with E-state index in [1.54, 1.807) is 0 Å². The van der Waals surface area contributed by atoms with Crippen LogP contribution in [0.3, 0.4) is 0 Å². The Morgan fingerprint density at radius 1 is 1.37 bits per heavy atom. The Bertz CT molecular complexity index is 293. The number of rotatable bonds is 7. The van der Waals surface area contributed by atoms with Crippen LogP contribution in [0.25, 0.3) is 0 Å². The Labute approximate surface area is 116 Å². The first kappa shape index (κ1) is 14.8. The number of carbonyl (C=O) groups excluding carboxylic acids is 1. The molecule has 4 heteroatoms. The molecule has 2 aliphatic rings. The minimum absolute atomic E-state index is 0.0820. The quantitative estimate of drug-likeness (QED) is 0.765. The third-order valence-electron chi connectivity index (χ3n) is 4.41. The van der Waals surface area contributed by atoms with E-state index in [-0.39, 0.29) is 11.4 Å². The van der Waals surface area contributed by atoms with Gasteiger partial charge in [-0.25, -0.2) is 0 Å². The smallest absolute Gasteiger partial charge is 0.220 e. The summed E-state index contributed by atoms with van der Waals surface area (Å²) >= 11 is 0. The van der Waals surface area contributed by atoms with E-state index in [0.717, 1.165) is 58.5 Å². The van der Waals surface area contributed by atoms with Crippen molar-refractivity contribution in [1.29, 1.82) is 0 Å². The van der Waals surface area contributed by atoms with Crippen molar-refractivity contribution < 1.29 is 9.53 Å². The molecule has 1 aliphatic heterocycles. The summed E-state index contributed by atoms with van der Waals surface area (Å²) in [5.74, 6) is 0.651. The van der Waals surface area contributed by atoms with Crippen molar-refractivity contribution in [3.8, 4) is 0 Å². The number of hydrogen-bond acceptors (Lipinski definition) is 3. The van der Waals surface area contributed by atoms with Crippen molar-refractivity contribution in [1.82, 2.24) is 10.2 Å². The van der Waals surface area contributed by atoms with Crippen LogP contribution in [0.1, 0.15) is 46.0 Å². The number of ether oxygens (including phenoxy) is 1. The Morgan fingerprint density at radius 2 is 2.11 bits per heavy atom. The predicted molar refractivity (Wildman–Crippen MR) is 76.1 cm³/mol. The minimum Gasteiger partial charge on any atom is -0.381 e. The fourth-order valence-corrected chi connectivity index (χ4v) is 2.93. The average molecular weight is 268 g/mol. The van der Waals surface area contributed by atoms with Gasteiger partial charge in [0.05, 0.1) is 5.54 Å². The second kappa shape index (κ2) is 6.71. The highest BCUT2D eigenvalue weighted by Gasteiger charge is 2.44. The number of nitrogens with zero attached hydrogens (tertiary/aromatic N) is 1. The van der Waals surface area contributed by atoms with Gasteiger partial charge in [-0.1, -0.05) is 13.8 Å². The first-order chi connectivity index (χ1) is 9.17. The summed E-state index contributed by atoms with van der Waals surface area (Å²) in [6.07, 6.45) is 5.14. The van der Waals surface area contributed by atoms with Crippen LogP contribution in [0, 0.1) is 5.92 Å². The number of likely N-dealkylation sites (N-methyl/N-ethyl adjacent to an activating group) is 1. The maximum Gasteiger partial charge on any atom is 0.220 e. The highest BCUT2D eigenvalue weighted by atomic mass is 16.5. The molecule has 2 fully saturated rings.